The molecular formula is C22H31N3S. The van der Waals surface area contributed by atoms with Crippen molar-refractivity contribution in [2.75, 3.05) is 23.3 Å². The van der Waals surface area contributed by atoms with Crippen LogP contribution in [0.1, 0.15) is 61.4 Å². The number of aromatic nitrogens is 1. The van der Waals surface area contributed by atoms with E-state index in [0.29, 0.717) is 0 Å². The number of benzene rings is 1. The molecular weight excluding hydrogens is 338 g/mol. The Labute approximate surface area is 161 Å². The number of hydrogen-bond acceptors (Lipinski definition) is 4. The molecule has 0 aliphatic heterocycles. The molecule has 1 saturated carbocycles. The van der Waals surface area contributed by atoms with E-state index in [9.17, 15) is 0 Å². The molecule has 3 nitrogen and oxygen atoms in total. The minimum absolute atomic E-state index is 0.872. The van der Waals surface area contributed by atoms with Crippen molar-refractivity contribution in [2.45, 2.75) is 65.3 Å². The third kappa shape index (κ3) is 3.90. The highest BCUT2D eigenvalue weighted by Gasteiger charge is 2.22. The fourth-order valence-electron chi connectivity index (χ4n) is 4.61. The van der Waals surface area contributed by atoms with Gasteiger partial charge in [-0.1, -0.05) is 18.9 Å². The minimum Gasteiger partial charge on any atom is -0.371 e. The lowest BCUT2D eigenvalue weighted by Gasteiger charge is -2.29. The van der Waals surface area contributed by atoms with Gasteiger partial charge in [0.1, 0.15) is 0 Å². The maximum Gasteiger partial charge on any atom is 0.183 e. The molecule has 2 aliphatic carbocycles. The molecule has 0 saturated heterocycles. The largest absolute Gasteiger partial charge is 0.371 e. The number of anilines is 2. The summed E-state index contributed by atoms with van der Waals surface area (Å²) in [6.07, 6.45) is 9.47. The van der Waals surface area contributed by atoms with Crippen molar-refractivity contribution in [1.82, 2.24) is 4.98 Å². The number of nitrogens with zero attached hydrogens (tertiary/aromatic N) is 2. The lowest BCUT2D eigenvalue weighted by atomic mass is 10.0. The monoisotopic (exact) mass is 369 g/mol. The second kappa shape index (κ2) is 7.99. The Bertz CT molecular complexity index is 746. The van der Waals surface area contributed by atoms with Crippen molar-refractivity contribution in [3.8, 4) is 0 Å². The van der Waals surface area contributed by atoms with Crippen LogP contribution < -0.4 is 10.2 Å². The summed E-state index contributed by atoms with van der Waals surface area (Å²) in [5.41, 5.74) is 7.15. The Hall–Kier alpha value is -1.55. The fourth-order valence-corrected chi connectivity index (χ4v) is 5.29. The van der Waals surface area contributed by atoms with Gasteiger partial charge in [0.2, 0.25) is 0 Å². The van der Waals surface area contributed by atoms with E-state index in [4.69, 9.17) is 0 Å². The van der Waals surface area contributed by atoms with E-state index in [1.807, 2.05) is 0 Å². The summed E-state index contributed by atoms with van der Waals surface area (Å²) in [7, 11) is 0. The van der Waals surface area contributed by atoms with Gasteiger partial charge in [-0.15, -0.1) is 11.3 Å². The molecule has 0 unspecified atom stereocenters. The van der Waals surface area contributed by atoms with Crippen LogP contribution in [0.3, 0.4) is 0 Å². The molecule has 1 N–H and O–H groups in total. The normalized spacial score (nSPS) is 16.8. The maximum absolute atomic E-state index is 4.57. The van der Waals surface area contributed by atoms with Gasteiger partial charge in [0, 0.05) is 30.7 Å². The van der Waals surface area contributed by atoms with E-state index in [-0.39, 0.29) is 0 Å². The average Bonchev–Trinajstić information content (AvgIpc) is 3.39. The Balaban J connectivity index is 1.58. The smallest absolute Gasteiger partial charge is 0.183 e. The van der Waals surface area contributed by atoms with Crippen LogP contribution in [-0.4, -0.2) is 18.1 Å². The summed E-state index contributed by atoms with van der Waals surface area (Å²) in [4.78, 5) is 7.21. The number of nitrogens with one attached hydrogen (secondary N) is 1. The van der Waals surface area contributed by atoms with Crippen LogP contribution in [0.5, 0.6) is 0 Å². The zero-order chi connectivity index (χ0) is 17.9. The first kappa shape index (κ1) is 17.8. The molecule has 0 atom stereocenters. The van der Waals surface area contributed by atoms with E-state index < -0.39 is 0 Å². The van der Waals surface area contributed by atoms with Gasteiger partial charge >= 0.3 is 0 Å². The molecule has 0 amide bonds. The van der Waals surface area contributed by atoms with E-state index in [1.165, 1.54) is 62.7 Å². The van der Waals surface area contributed by atoms with Crippen LogP contribution in [0.25, 0.3) is 0 Å². The van der Waals surface area contributed by atoms with Crippen LogP contribution in [-0.2, 0) is 19.4 Å². The van der Waals surface area contributed by atoms with Gasteiger partial charge in [0.05, 0.1) is 5.69 Å². The standard InChI is InChI=1S/C22H31N3S/c1-3-25(14-17-7-4-5-8-17)21-12-19-10-6-9-18(19)11-20(21)13-23-22-24-16(2)15-26-22/h11-12,15,17H,3-10,13-14H2,1-2H3,(H,23,24). The third-order valence-corrected chi connectivity index (χ3v) is 6.94. The van der Waals surface area contributed by atoms with Crippen molar-refractivity contribution < 1.29 is 0 Å². The number of rotatable bonds is 7. The molecule has 2 aromatic rings. The van der Waals surface area contributed by atoms with Gasteiger partial charge < -0.3 is 10.2 Å². The predicted octanol–water partition coefficient (Wildman–Crippen LogP) is 5.57. The van der Waals surface area contributed by atoms with Gasteiger partial charge in [-0.25, -0.2) is 4.98 Å². The quantitative estimate of drug-likeness (QED) is 0.691. The SMILES string of the molecule is CCN(CC1CCCC1)c1cc2c(cc1CNc1nc(C)cs1)CCC2. The second-order valence-electron chi connectivity index (χ2n) is 7.94. The van der Waals surface area contributed by atoms with Crippen molar-refractivity contribution in [1.29, 1.82) is 0 Å². The molecule has 0 spiro atoms. The molecule has 1 aromatic carbocycles. The lowest BCUT2D eigenvalue weighted by molar-refractivity contribution is 0.535. The summed E-state index contributed by atoms with van der Waals surface area (Å²) >= 11 is 1.70. The second-order valence-corrected chi connectivity index (χ2v) is 8.80. The highest BCUT2D eigenvalue weighted by atomic mass is 32.1. The molecule has 26 heavy (non-hydrogen) atoms. The number of hydrogen-bond donors (Lipinski definition) is 1. The highest BCUT2D eigenvalue weighted by molar-refractivity contribution is 7.13. The summed E-state index contributed by atoms with van der Waals surface area (Å²) < 4.78 is 0. The van der Waals surface area contributed by atoms with E-state index in [0.717, 1.165) is 29.8 Å². The molecule has 2 aliphatic rings. The highest BCUT2D eigenvalue weighted by Crippen LogP contribution is 2.34. The maximum atomic E-state index is 4.57. The van der Waals surface area contributed by atoms with E-state index in [1.54, 1.807) is 22.5 Å². The Morgan fingerprint density at radius 3 is 2.62 bits per heavy atom. The Morgan fingerprint density at radius 1 is 1.15 bits per heavy atom. The van der Waals surface area contributed by atoms with Crippen LogP contribution in [0.4, 0.5) is 10.8 Å². The van der Waals surface area contributed by atoms with Crippen molar-refractivity contribution in [3.63, 3.8) is 0 Å². The first-order valence-corrected chi connectivity index (χ1v) is 11.2. The first-order chi connectivity index (χ1) is 12.7. The molecule has 0 radical (unpaired) electrons. The number of aryl methyl sites for hydroxylation is 3. The molecule has 140 valence electrons. The molecule has 1 heterocycles. The van der Waals surface area contributed by atoms with Gasteiger partial charge in [0.25, 0.3) is 0 Å². The fraction of sp³-hybridized carbons (Fsp3) is 0.591. The van der Waals surface area contributed by atoms with Crippen molar-refractivity contribution in [3.05, 3.63) is 39.9 Å². The molecule has 0 bridgehead atoms. The van der Waals surface area contributed by atoms with Gasteiger partial charge in [-0.3, -0.25) is 0 Å². The Kier molecular flexibility index (Phi) is 5.49. The number of fused-ring (bicyclic) bond motifs is 1. The molecule has 4 rings (SSSR count). The number of thiazole rings is 1. The molecule has 1 fully saturated rings. The molecule has 4 heteroatoms. The van der Waals surface area contributed by atoms with Crippen LogP contribution in [0.15, 0.2) is 17.5 Å². The topological polar surface area (TPSA) is 28.2 Å². The van der Waals surface area contributed by atoms with Crippen LogP contribution in [0, 0.1) is 12.8 Å². The van der Waals surface area contributed by atoms with Crippen molar-refractivity contribution in [2.24, 2.45) is 5.92 Å². The summed E-state index contributed by atoms with van der Waals surface area (Å²) in [6.45, 7) is 7.56. The zero-order valence-corrected chi connectivity index (χ0v) is 17.0. The summed E-state index contributed by atoms with van der Waals surface area (Å²) in [5.74, 6) is 0.880. The van der Waals surface area contributed by atoms with Crippen LogP contribution >= 0.6 is 11.3 Å². The first-order valence-electron chi connectivity index (χ1n) is 10.3. The lowest BCUT2D eigenvalue weighted by Crippen LogP contribution is -2.29. The van der Waals surface area contributed by atoms with E-state index >= 15 is 0 Å². The third-order valence-electron chi connectivity index (χ3n) is 6.02. The van der Waals surface area contributed by atoms with Gasteiger partial charge in [0.15, 0.2) is 5.13 Å². The average molecular weight is 370 g/mol. The summed E-state index contributed by atoms with van der Waals surface area (Å²) in [6, 6.07) is 4.98. The summed E-state index contributed by atoms with van der Waals surface area (Å²) in [5, 5.41) is 6.72. The van der Waals surface area contributed by atoms with Gasteiger partial charge in [-0.05, 0) is 74.6 Å². The van der Waals surface area contributed by atoms with Gasteiger partial charge in [-0.2, -0.15) is 0 Å². The van der Waals surface area contributed by atoms with Crippen LogP contribution in [0.2, 0.25) is 0 Å². The molecule has 1 aromatic heterocycles. The predicted molar refractivity (Wildman–Crippen MR) is 112 cm³/mol. The van der Waals surface area contributed by atoms with Crippen molar-refractivity contribution >= 4 is 22.2 Å². The minimum atomic E-state index is 0.872. The van der Waals surface area contributed by atoms with E-state index in [2.05, 4.69) is 46.6 Å². The zero-order valence-electron chi connectivity index (χ0n) is 16.2. The Morgan fingerprint density at radius 2 is 1.92 bits per heavy atom.